The quantitative estimate of drug-likeness (QED) is 0.858. The number of nitrogens with zero attached hydrogens (tertiary/aromatic N) is 2. The van der Waals surface area contributed by atoms with Gasteiger partial charge < -0.3 is 10.4 Å². The second-order valence-corrected chi connectivity index (χ2v) is 4.66. The van der Waals surface area contributed by atoms with Gasteiger partial charge in [-0.15, -0.1) is 0 Å². The Morgan fingerprint density at radius 1 is 1.33 bits per heavy atom. The lowest BCUT2D eigenvalue weighted by Crippen LogP contribution is -2.23. The van der Waals surface area contributed by atoms with Gasteiger partial charge in [0.15, 0.2) is 0 Å². The van der Waals surface area contributed by atoms with E-state index in [-0.39, 0.29) is 23.8 Å². The highest BCUT2D eigenvalue weighted by Crippen LogP contribution is 2.13. The maximum Gasteiger partial charge on any atom is 0.276 e. The Balaban J connectivity index is 2.11. The Labute approximate surface area is 122 Å². The summed E-state index contributed by atoms with van der Waals surface area (Å²) in [5.41, 5.74) is 1.61. The van der Waals surface area contributed by atoms with Gasteiger partial charge in [-0.1, -0.05) is 12.1 Å². The highest BCUT2D eigenvalue weighted by molar-refractivity contribution is 6.02. The molecule has 1 aromatic heterocycles. The predicted molar refractivity (Wildman–Crippen MR) is 79.3 cm³/mol. The molecule has 0 saturated carbocycles. The minimum Gasteiger partial charge on any atom is -0.396 e. The third kappa shape index (κ3) is 4.00. The van der Waals surface area contributed by atoms with Crippen molar-refractivity contribution in [2.75, 3.05) is 11.9 Å². The molecule has 0 atom stereocenters. The predicted octanol–water partition coefficient (Wildman–Crippen LogP) is 0.958. The van der Waals surface area contributed by atoms with Gasteiger partial charge in [-0.05, 0) is 36.6 Å². The normalized spacial score (nSPS) is 10.4. The zero-order valence-electron chi connectivity index (χ0n) is 11.7. The van der Waals surface area contributed by atoms with Gasteiger partial charge in [-0.3, -0.25) is 9.59 Å². The summed E-state index contributed by atoms with van der Waals surface area (Å²) in [7, 11) is 1.49. The number of anilines is 1. The summed E-state index contributed by atoms with van der Waals surface area (Å²) < 4.78 is 1.12. The van der Waals surface area contributed by atoms with Crippen molar-refractivity contribution in [1.29, 1.82) is 0 Å². The molecule has 2 aromatic rings. The van der Waals surface area contributed by atoms with Gasteiger partial charge in [0.1, 0.15) is 5.69 Å². The molecule has 0 saturated heterocycles. The molecular formula is C15H17N3O3. The number of aromatic nitrogens is 2. The van der Waals surface area contributed by atoms with Crippen LogP contribution in [0.25, 0.3) is 0 Å². The number of rotatable bonds is 5. The Bertz CT molecular complexity index is 695. The fourth-order valence-corrected chi connectivity index (χ4v) is 1.91. The van der Waals surface area contributed by atoms with Crippen LogP contribution in [0.5, 0.6) is 0 Å². The van der Waals surface area contributed by atoms with Crippen LogP contribution in [-0.4, -0.2) is 27.4 Å². The molecule has 1 aromatic carbocycles. The molecule has 110 valence electrons. The van der Waals surface area contributed by atoms with Crippen molar-refractivity contribution < 1.29 is 9.90 Å². The van der Waals surface area contributed by atoms with Gasteiger partial charge >= 0.3 is 0 Å². The lowest BCUT2D eigenvalue weighted by atomic mass is 10.1. The molecule has 0 unspecified atom stereocenters. The minimum atomic E-state index is -0.370. The van der Waals surface area contributed by atoms with Gasteiger partial charge in [-0.2, -0.15) is 5.10 Å². The van der Waals surface area contributed by atoms with Crippen molar-refractivity contribution in [3.8, 4) is 0 Å². The number of aliphatic hydroxyl groups is 1. The Morgan fingerprint density at radius 3 is 2.86 bits per heavy atom. The number of aliphatic hydroxyl groups excluding tert-OH is 1. The van der Waals surface area contributed by atoms with Crippen molar-refractivity contribution in [3.63, 3.8) is 0 Å². The second-order valence-electron chi connectivity index (χ2n) is 4.66. The summed E-state index contributed by atoms with van der Waals surface area (Å²) in [4.78, 5) is 23.3. The van der Waals surface area contributed by atoms with E-state index in [4.69, 9.17) is 5.11 Å². The highest BCUT2D eigenvalue weighted by atomic mass is 16.3. The van der Waals surface area contributed by atoms with E-state index in [1.165, 1.54) is 19.2 Å². The molecule has 6 nitrogen and oxygen atoms in total. The zero-order chi connectivity index (χ0) is 15.2. The van der Waals surface area contributed by atoms with E-state index in [1.807, 2.05) is 18.2 Å². The number of carbonyl (C=O) groups is 1. The average Bonchev–Trinajstić information content (AvgIpc) is 2.48. The molecule has 21 heavy (non-hydrogen) atoms. The van der Waals surface area contributed by atoms with Crippen LogP contribution in [0.3, 0.4) is 0 Å². The SMILES string of the molecule is Cn1nc(C(=O)Nc2cccc(CCCO)c2)ccc1=O. The van der Waals surface area contributed by atoms with E-state index in [0.717, 1.165) is 16.7 Å². The molecule has 0 aliphatic heterocycles. The fourth-order valence-electron chi connectivity index (χ4n) is 1.91. The number of carbonyl (C=O) groups excluding carboxylic acids is 1. The van der Waals surface area contributed by atoms with Gasteiger partial charge in [0.2, 0.25) is 0 Å². The Hall–Kier alpha value is -2.47. The molecule has 0 fully saturated rings. The van der Waals surface area contributed by atoms with Crippen LogP contribution in [0.15, 0.2) is 41.2 Å². The molecule has 6 heteroatoms. The van der Waals surface area contributed by atoms with Crippen molar-refractivity contribution in [3.05, 3.63) is 58.0 Å². The first kappa shape index (κ1) is 14.9. The van der Waals surface area contributed by atoms with Crippen molar-refractivity contribution in [1.82, 2.24) is 9.78 Å². The third-order valence-corrected chi connectivity index (χ3v) is 3.00. The lowest BCUT2D eigenvalue weighted by Gasteiger charge is -2.07. The molecule has 1 amide bonds. The van der Waals surface area contributed by atoms with Crippen LogP contribution < -0.4 is 10.9 Å². The smallest absolute Gasteiger partial charge is 0.276 e. The standard InChI is InChI=1S/C15H17N3O3/c1-18-14(20)8-7-13(17-18)15(21)16-12-6-2-4-11(10-12)5-3-9-19/h2,4,6-8,10,19H,3,5,9H2,1H3,(H,16,21). The molecule has 1 heterocycles. The van der Waals surface area contributed by atoms with Gasteiger partial charge in [-0.25, -0.2) is 4.68 Å². The van der Waals surface area contributed by atoms with E-state index in [0.29, 0.717) is 12.1 Å². The minimum absolute atomic E-state index is 0.137. The summed E-state index contributed by atoms with van der Waals surface area (Å²) in [6.07, 6.45) is 1.43. The zero-order valence-corrected chi connectivity index (χ0v) is 11.7. The van der Waals surface area contributed by atoms with Crippen LogP contribution in [0.2, 0.25) is 0 Å². The highest BCUT2D eigenvalue weighted by Gasteiger charge is 2.09. The van der Waals surface area contributed by atoms with Crippen LogP contribution >= 0.6 is 0 Å². The van der Waals surface area contributed by atoms with Crippen LogP contribution in [0.4, 0.5) is 5.69 Å². The monoisotopic (exact) mass is 287 g/mol. The number of aryl methyl sites for hydroxylation is 2. The number of benzene rings is 1. The van der Waals surface area contributed by atoms with E-state index in [2.05, 4.69) is 10.4 Å². The maximum atomic E-state index is 12.1. The Morgan fingerprint density at radius 2 is 2.14 bits per heavy atom. The van der Waals surface area contributed by atoms with Gasteiger partial charge in [0.25, 0.3) is 11.5 Å². The van der Waals surface area contributed by atoms with Crippen LogP contribution in [0, 0.1) is 0 Å². The largest absolute Gasteiger partial charge is 0.396 e. The van der Waals surface area contributed by atoms with E-state index >= 15 is 0 Å². The molecule has 0 aliphatic rings. The van der Waals surface area contributed by atoms with E-state index in [1.54, 1.807) is 6.07 Å². The molecule has 2 rings (SSSR count). The molecular weight excluding hydrogens is 270 g/mol. The summed E-state index contributed by atoms with van der Waals surface area (Å²) >= 11 is 0. The van der Waals surface area contributed by atoms with E-state index in [9.17, 15) is 9.59 Å². The van der Waals surface area contributed by atoms with Crippen molar-refractivity contribution in [2.45, 2.75) is 12.8 Å². The first-order valence-corrected chi connectivity index (χ1v) is 6.65. The molecule has 0 radical (unpaired) electrons. The van der Waals surface area contributed by atoms with Crippen LogP contribution in [0.1, 0.15) is 22.5 Å². The number of hydrogen-bond donors (Lipinski definition) is 2. The summed E-state index contributed by atoms with van der Waals surface area (Å²) in [6, 6.07) is 10.1. The topological polar surface area (TPSA) is 84.2 Å². The number of nitrogens with one attached hydrogen (secondary N) is 1. The summed E-state index contributed by atoms with van der Waals surface area (Å²) in [5, 5.41) is 15.5. The van der Waals surface area contributed by atoms with Gasteiger partial charge in [0.05, 0.1) is 0 Å². The lowest BCUT2D eigenvalue weighted by molar-refractivity contribution is 0.102. The van der Waals surface area contributed by atoms with Crippen LogP contribution in [-0.2, 0) is 13.5 Å². The summed E-state index contributed by atoms with van der Waals surface area (Å²) in [5.74, 6) is -0.370. The summed E-state index contributed by atoms with van der Waals surface area (Å²) in [6.45, 7) is 0.137. The maximum absolute atomic E-state index is 12.1. The van der Waals surface area contributed by atoms with Crippen molar-refractivity contribution in [2.24, 2.45) is 7.05 Å². The average molecular weight is 287 g/mol. The molecule has 0 aliphatic carbocycles. The fraction of sp³-hybridized carbons (Fsp3) is 0.267. The van der Waals surface area contributed by atoms with Crippen molar-refractivity contribution >= 4 is 11.6 Å². The molecule has 2 N–H and O–H groups in total. The molecule has 0 spiro atoms. The third-order valence-electron chi connectivity index (χ3n) is 3.00. The Kier molecular flexibility index (Phi) is 4.84. The van der Waals surface area contributed by atoms with E-state index < -0.39 is 0 Å². The molecule has 0 bridgehead atoms. The first-order valence-electron chi connectivity index (χ1n) is 6.65. The number of amides is 1. The second kappa shape index (κ2) is 6.81. The first-order chi connectivity index (χ1) is 10.1. The number of hydrogen-bond acceptors (Lipinski definition) is 4. The van der Waals surface area contributed by atoms with Gasteiger partial charge in [0, 0.05) is 25.4 Å².